The second-order valence-electron chi connectivity index (χ2n) is 5.27. The van der Waals surface area contributed by atoms with Gasteiger partial charge in [0.15, 0.2) is 5.11 Å². The Hall–Kier alpha value is -1.70. The number of nitrogens with zero attached hydrogens (tertiary/aromatic N) is 2. The Labute approximate surface area is 148 Å². The highest BCUT2D eigenvalue weighted by atomic mass is 35.5. The van der Waals surface area contributed by atoms with E-state index in [1.54, 1.807) is 11.3 Å². The number of benzene rings is 1. The minimum absolute atomic E-state index is 0.0217. The molecule has 120 valence electrons. The monoisotopic (exact) mass is 367 g/mol. The second-order valence-corrected chi connectivity index (χ2v) is 7.06. The predicted octanol–water partition coefficient (Wildman–Crippen LogP) is 4.63. The molecule has 0 bridgehead atoms. The maximum absolute atomic E-state index is 10.9. The summed E-state index contributed by atoms with van der Waals surface area (Å²) < 4.78 is 0. The molecule has 2 aromatic rings. The number of anilines is 1. The van der Waals surface area contributed by atoms with Crippen molar-refractivity contribution in [1.82, 2.24) is 4.90 Å². The molecule has 1 N–H and O–H groups in total. The van der Waals surface area contributed by atoms with Crippen LogP contribution in [0.1, 0.15) is 23.4 Å². The van der Waals surface area contributed by atoms with E-state index in [0.29, 0.717) is 15.8 Å². The summed E-state index contributed by atoms with van der Waals surface area (Å²) in [6.07, 6.45) is 0.946. The molecule has 5 nitrogen and oxygen atoms in total. The molecule has 1 aliphatic rings. The van der Waals surface area contributed by atoms with Gasteiger partial charge in [0.2, 0.25) is 0 Å². The molecule has 0 saturated carbocycles. The number of nitro benzene ring substituents is 1. The minimum Gasteiger partial charge on any atom is -0.342 e. The van der Waals surface area contributed by atoms with Crippen molar-refractivity contribution < 1.29 is 4.92 Å². The van der Waals surface area contributed by atoms with E-state index in [0.717, 1.165) is 13.0 Å². The fourth-order valence-electron chi connectivity index (χ4n) is 2.70. The van der Waals surface area contributed by atoms with E-state index >= 15 is 0 Å². The Morgan fingerprint density at radius 2 is 2.30 bits per heavy atom. The lowest BCUT2D eigenvalue weighted by Gasteiger charge is -2.35. The molecule has 1 aromatic heterocycles. The summed E-state index contributed by atoms with van der Waals surface area (Å²) in [5.41, 5.74) is 1.72. The van der Waals surface area contributed by atoms with E-state index in [1.165, 1.54) is 28.6 Å². The smallest absolute Gasteiger partial charge is 0.271 e. The van der Waals surface area contributed by atoms with Crippen molar-refractivity contribution in [1.29, 1.82) is 0 Å². The van der Waals surface area contributed by atoms with E-state index in [2.05, 4.69) is 28.6 Å². The van der Waals surface area contributed by atoms with Crippen LogP contribution in [0.2, 0.25) is 5.02 Å². The minimum atomic E-state index is -0.453. The molecule has 1 aliphatic heterocycles. The summed E-state index contributed by atoms with van der Waals surface area (Å²) in [6.45, 7) is 2.92. The zero-order chi connectivity index (χ0) is 16.6. The number of halogens is 1. The van der Waals surface area contributed by atoms with Gasteiger partial charge in [-0.05, 0) is 48.6 Å². The van der Waals surface area contributed by atoms with Crippen molar-refractivity contribution in [3.8, 4) is 0 Å². The van der Waals surface area contributed by atoms with Crippen molar-refractivity contribution in [2.45, 2.75) is 19.4 Å². The first kappa shape index (κ1) is 16.2. The quantitative estimate of drug-likeness (QED) is 0.476. The maximum atomic E-state index is 10.9. The van der Waals surface area contributed by atoms with Crippen LogP contribution in [0, 0.1) is 10.1 Å². The molecular weight excluding hydrogens is 354 g/mol. The molecule has 3 rings (SSSR count). The van der Waals surface area contributed by atoms with E-state index < -0.39 is 4.92 Å². The van der Waals surface area contributed by atoms with E-state index in [-0.39, 0.29) is 11.7 Å². The molecular formula is C15H14ClN3O2S2. The van der Waals surface area contributed by atoms with Crippen LogP contribution in [0.3, 0.4) is 0 Å². The van der Waals surface area contributed by atoms with Gasteiger partial charge in [0, 0.05) is 23.6 Å². The van der Waals surface area contributed by atoms with Crippen LogP contribution < -0.4 is 5.32 Å². The second kappa shape index (κ2) is 6.43. The number of hydrogen-bond donors (Lipinski definition) is 1. The first-order chi connectivity index (χ1) is 11.0. The third kappa shape index (κ3) is 3.17. The van der Waals surface area contributed by atoms with E-state index in [1.807, 2.05) is 0 Å². The van der Waals surface area contributed by atoms with Crippen LogP contribution >= 0.6 is 35.2 Å². The van der Waals surface area contributed by atoms with Crippen molar-refractivity contribution in [3.05, 3.63) is 55.2 Å². The first-order valence-electron chi connectivity index (χ1n) is 7.05. The summed E-state index contributed by atoms with van der Waals surface area (Å²) in [5.74, 6) is 0. The average molecular weight is 368 g/mol. The molecule has 0 amide bonds. The van der Waals surface area contributed by atoms with Crippen LogP contribution in [0.25, 0.3) is 0 Å². The van der Waals surface area contributed by atoms with Crippen molar-refractivity contribution in [2.75, 3.05) is 11.9 Å². The standard InChI is InChI=1S/C15H14ClN3O2S2/c1-9-11-5-7-23-14(11)4-6-18(9)15(22)17-13-8-10(19(20)21)2-3-12(13)16/h2-3,5,7-9H,4,6H2,1H3,(H,17,22)/t9-/m1/s1. The fraction of sp³-hybridized carbons (Fsp3) is 0.267. The SMILES string of the molecule is C[C@@H]1c2ccsc2CCN1C(=S)Nc1cc([N+](=O)[O-])ccc1Cl. The number of nitro groups is 1. The number of non-ortho nitro benzene ring substituents is 1. The normalized spacial score (nSPS) is 16.8. The summed E-state index contributed by atoms with van der Waals surface area (Å²) in [4.78, 5) is 13.9. The van der Waals surface area contributed by atoms with Gasteiger partial charge < -0.3 is 10.2 Å². The third-order valence-electron chi connectivity index (χ3n) is 3.94. The van der Waals surface area contributed by atoms with Gasteiger partial charge in [0.05, 0.1) is 21.7 Å². The number of fused-ring (bicyclic) bond motifs is 1. The largest absolute Gasteiger partial charge is 0.342 e. The molecule has 0 aliphatic carbocycles. The van der Waals surface area contributed by atoms with Crippen molar-refractivity contribution >= 4 is 51.6 Å². The van der Waals surface area contributed by atoms with Crippen LogP contribution in [0.4, 0.5) is 11.4 Å². The van der Waals surface area contributed by atoms with Crippen LogP contribution in [-0.4, -0.2) is 21.5 Å². The van der Waals surface area contributed by atoms with E-state index in [4.69, 9.17) is 23.8 Å². The number of rotatable bonds is 2. The molecule has 0 fully saturated rings. The Morgan fingerprint density at radius 1 is 1.52 bits per heavy atom. The number of thiophene rings is 1. The van der Waals surface area contributed by atoms with Gasteiger partial charge in [-0.1, -0.05) is 11.6 Å². The lowest BCUT2D eigenvalue weighted by atomic mass is 10.0. The highest BCUT2D eigenvalue weighted by Crippen LogP contribution is 2.34. The zero-order valence-electron chi connectivity index (χ0n) is 12.3. The number of hydrogen-bond acceptors (Lipinski definition) is 4. The molecule has 1 atom stereocenters. The van der Waals surface area contributed by atoms with Crippen molar-refractivity contribution in [3.63, 3.8) is 0 Å². The number of nitrogens with one attached hydrogen (secondary N) is 1. The topological polar surface area (TPSA) is 58.4 Å². The van der Waals surface area contributed by atoms with Gasteiger partial charge in [-0.3, -0.25) is 10.1 Å². The predicted molar refractivity (Wildman–Crippen MR) is 97.5 cm³/mol. The molecule has 0 spiro atoms. The Bertz CT molecular complexity index is 778. The molecule has 2 heterocycles. The van der Waals surface area contributed by atoms with Crippen LogP contribution in [-0.2, 0) is 6.42 Å². The summed E-state index contributed by atoms with van der Waals surface area (Å²) in [5, 5.41) is 17.0. The number of thiocarbonyl (C=S) groups is 1. The van der Waals surface area contributed by atoms with Crippen molar-refractivity contribution in [2.24, 2.45) is 0 Å². The molecule has 1 aromatic carbocycles. The van der Waals surface area contributed by atoms with Gasteiger partial charge in [0.1, 0.15) is 0 Å². The van der Waals surface area contributed by atoms with Gasteiger partial charge in [-0.25, -0.2) is 0 Å². The maximum Gasteiger partial charge on any atom is 0.271 e. The lowest BCUT2D eigenvalue weighted by Crippen LogP contribution is -2.40. The van der Waals surface area contributed by atoms with Gasteiger partial charge in [-0.2, -0.15) is 0 Å². The molecule has 0 unspecified atom stereocenters. The molecule has 0 radical (unpaired) electrons. The Morgan fingerprint density at radius 3 is 3.04 bits per heavy atom. The summed E-state index contributed by atoms with van der Waals surface area (Å²) >= 11 is 13.4. The van der Waals surface area contributed by atoms with Gasteiger partial charge in [0.25, 0.3) is 5.69 Å². The van der Waals surface area contributed by atoms with Gasteiger partial charge >= 0.3 is 0 Å². The van der Waals surface area contributed by atoms with Crippen LogP contribution in [0.5, 0.6) is 0 Å². The zero-order valence-corrected chi connectivity index (χ0v) is 14.7. The summed E-state index contributed by atoms with van der Waals surface area (Å²) in [6, 6.07) is 6.57. The van der Waals surface area contributed by atoms with E-state index in [9.17, 15) is 10.1 Å². The highest BCUT2D eigenvalue weighted by molar-refractivity contribution is 7.80. The van der Waals surface area contributed by atoms with Gasteiger partial charge in [-0.15, -0.1) is 11.3 Å². The van der Waals surface area contributed by atoms with Crippen LogP contribution in [0.15, 0.2) is 29.6 Å². The lowest BCUT2D eigenvalue weighted by molar-refractivity contribution is -0.384. The highest BCUT2D eigenvalue weighted by Gasteiger charge is 2.26. The molecule has 23 heavy (non-hydrogen) atoms. The molecule has 8 heteroatoms. The Balaban J connectivity index is 1.80. The average Bonchev–Trinajstić information content (AvgIpc) is 2.99. The first-order valence-corrected chi connectivity index (χ1v) is 8.72. The molecule has 0 saturated heterocycles. The Kier molecular flexibility index (Phi) is 4.52. The summed E-state index contributed by atoms with van der Waals surface area (Å²) in [7, 11) is 0. The fourth-order valence-corrected chi connectivity index (χ4v) is 4.18. The third-order valence-corrected chi connectivity index (χ3v) is 5.60.